The number of halogens is 1. The Labute approximate surface area is 196 Å². The second-order valence-corrected chi connectivity index (χ2v) is 10.2. The van der Waals surface area contributed by atoms with Crippen LogP contribution < -0.4 is 5.01 Å². The molecule has 2 aromatic carbocycles. The minimum absolute atomic E-state index is 0.0269. The molecule has 3 rings (SSSR count). The van der Waals surface area contributed by atoms with E-state index in [0.29, 0.717) is 16.4 Å². The average molecular weight is 489 g/mol. The monoisotopic (exact) mass is 488 g/mol. The number of methoxy groups -OCH3 is 1. The zero-order valence-electron chi connectivity index (χ0n) is 17.5. The molecular formula is C23H21ClN2O4S2. The SMILES string of the molecule is C=NN(/C(=C\CC(=O)OC)c1ccc(-c2cccc(S(C)(=O)=O)c2)s1)c1ccccc1Cl. The molecule has 0 atom stereocenters. The molecule has 0 saturated heterocycles. The maximum absolute atomic E-state index is 11.9. The highest BCUT2D eigenvalue weighted by Crippen LogP contribution is 2.38. The molecule has 0 fully saturated rings. The Morgan fingerprint density at radius 2 is 1.94 bits per heavy atom. The van der Waals surface area contributed by atoms with Gasteiger partial charge in [-0.2, -0.15) is 5.10 Å². The number of nitrogens with zero attached hydrogens (tertiary/aromatic N) is 2. The van der Waals surface area contributed by atoms with Gasteiger partial charge in [-0.25, -0.2) is 13.4 Å². The lowest BCUT2D eigenvalue weighted by atomic mass is 10.2. The molecule has 1 aromatic heterocycles. The number of esters is 1. The third-order valence-corrected chi connectivity index (χ3v) is 7.13. The Morgan fingerprint density at radius 1 is 1.19 bits per heavy atom. The lowest BCUT2D eigenvalue weighted by molar-refractivity contribution is -0.139. The first-order chi connectivity index (χ1) is 15.2. The van der Waals surface area contributed by atoms with Gasteiger partial charge in [0.05, 0.1) is 39.7 Å². The molecule has 166 valence electrons. The zero-order chi connectivity index (χ0) is 23.3. The highest BCUT2D eigenvalue weighted by molar-refractivity contribution is 7.90. The van der Waals surface area contributed by atoms with Gasteiger partial charge in [-0.05, 0) is 48.0 Å². The molecule has 1 heterocycles. The van der Waals surface area contributed by atoms with Crippen LogP contribution in [-0.4, -0.2) is 34.5 Å². The van der Waals surface area contributed by atoms with E-state index in [1.165, 1.54) is 24.7 Å². The third-order valence-electron chi connectivity index (χ3n) is 4.55. The van der Waals surface area contributed by atoms with E-state index in [9.17, 15) is 13.2 Å². The number of hydrogen-bond donors (Lipinski definition) is 0. The van der Waals surface area contributed by atoms with E-state index in [-0.39, 0.29) is 11.3 Å². The van der Waals surface area contributed by atoms with Crippen LogP contribution in [0.2, 0.25) is 5.02 Å². The number of benzene rings is 2. The molecule has 0 aliphatic heterocycles. The van der Waals surface area contributed by atoms with Crippen molar-refractivity contribution in [3.63, 3.8) is 0 Å². The molecule has 3 aromatic rings. The van der Waals surface area contributed by atoms with Gasteiger partial charge in [0.25, 0.3) is 0 Å². The molecule has 0 aliphatic carbocycles. The summed E-state index contributed by atoms with van der Waals surface area (Å²) in [6.07, 6.45) is 2.91. The molecule has 0 unspecified atom stereocenters. The lowest BCUT2D eigenvalue weighted by Crippen LogP contribution is -2.14. The van der Waals surface area contributed by atoms with Crippen LogP contribution in [0.4, 0.5) is 5.69 Å². The molecule has 0 saturated carbocycles. The Hall–Kier alpha value is -2.94. The quantitative estimate of drug-likeness (QED) is 0.238. The zero-order valence-corrected chi connectivity index (χ0v) is 19.9. The minimum atomic E-state index is -3.33. The van der Waals surface area contributed by atoms with Crippen LogP contribution in [0.1, 0.15) is 11.3 Å². The predicted molar refractivity (Wildman–Crippen MR) is 131 cm³/mol. The predicted octanol–water partition coefficient (Wildman–Crippen LogP) is 5.50. The Kier molecular flexibility index (Phi) is 7.50. The minimum Gasteiger partial charge on any atom is -0.469 e. The van der Waals surface area contributed by atoms with Crippen molar-refractivity contribution in [2.24, 2.45) is 5.10 Å². The fourth-order valence-corrected chi connectivity index (χ4v) is 4.88. The first-order valence-electron chi connectivity index (χ1n) is 9.43. The van der Waals surface area contributed by atoms with Gasteiger partial charge in [0.2, 0.25) is 0 Å². The van der Waals surface area contributed by atoms with Crippen molar-refractivity contribution in [3.05, 3.63) is 76.6 Å². The number of anilines is 1. The van der Waals surface area contributed by atoms with Crippen molar-refractivity contribution in [2.75, 3.05) is 18.4 Å². The molecule has 9 heteroatoms. The number of carbonyl (C=O) groups excluding carboxylic acids is 1. The topological polar surface area (TPSA) is 76.0 Å². The van der Waals surface area contributed by atoms with Crippen molar-refractivity contribution in [2.45, 2.75) is 11.3 Å². The fraction of sp³-hybridized carbons (Fsp3) is 0.130. The number of hydrazone groups is 1. The van der Waals surface area contributed by atoms with Crippen LogP contribution in [0.15, 0.2) is 76.7 Å². The second kappa shape index (κ2) is 10.1. The van der Waals surface area contributed by atoms with Crippen molar-refractivity contribution >= 4 is 56.8 Å². The summed E-state index contributed by atoms with van der Waals surface area (Å²) in [7, 11) is -2.00. The van der Waals surface area contributed by atoms with E-state index in [2.05, 4.69) is 11.8 Å². The lowest BCUT2D eigenvalue weighted by Gasteiger charge is -2.22. The summed E-state index contributed by atoms with van der Waals surface area (Å²) >= 11 is 7.81. The van der Waals surface area contributed by atoms with Crippen molar-refractivity contribution in [1.82, 2.24) is 0 Å². The summed E-state index contributed by atoms with van der Waals surface area (Å²) < 4.78 is 28.6. The van der Waals surface area contributed by atoms with Crippen LogP contribution in [0.3, 0.4) is 0 Å². The fourth-order valence-electron chi connectivity index (χ4n) is 2.97. The first-order valence-corrected chi connectivity index (χ1v) is 12.5. The van der Waals surface area contributed by atoms with E-state index in [4.69, 9.17) is 16.3 Å². The molecule has 0 N–H and O–H groups in total. The van der Waals surface area contributed by atoms with Gasteiger partial charge >= 0.3 is 5.97 Å². The van der Waals surface area contributed by atoms with Gasteiger partial charge in [0.15, 0.2) is 9.84 Å². The molecular weight excluding hydrogens is 468 g/mol. The van der Waals surface area contributed by atoms with Gasteiger partial charge in [-0.3, -0.25) is 4.79 Å². The van der Waals surface area contributed by atoms with Crippen LogP contribution >= 0.6 is 22.9 Å². The molecule has 6 nitrogen and oxygen atoms in total. The smallest absolute Gasteiger partial charge is 0.309 e. The van der Waals surface area contributed by atoms with Crippen molar-refractivity contribution in [3.8, 4) is 10.4 Å². The number of hydrogen-bond acceptors (Lipinski definition) is 7. The summed E-state index contributed by atoms with van der Waals surface area (Å²) in [5.74, 6) is -0.400. The van der Waals surface area contributed by atoms with Gasteiger partial charge in [-0.15, -0.1) is 11.3 Å². The number of carbonyl (C=O) groups is 1. The highest BCUT2D eigenvalue weighted by Gasteiger charge is 2.19. The number of para-hydroxylation sites is 1. The van der Waals surface area contributed by atoms with E-state index in [0.717, 1.165) is 15.3 Å². The summed E-state index contributed by atoms with van der Waals surface area (Å²) in [6, 6.07) is 17.7. The number of thiophene rings is 1. The Bertz CT molecular complexity index is 1280. The maximum Gasteiger partial charge on any atom is 0.309 e. The molecule has 0 amide bonds. The summed E-state index contributed by atoms with van der Waals surface area (Å²) in [5, 5.41) is 6.17. The molecule has 0 aliphatic rings. The maximum atomic E-state index is 11.9. The summed E-state index contributed by atoms with van der Waals surface area (Å²) in [5.41, 5.74) is 1.98. The summed E-state index contributed by atoms with van der Waals surface area (Å²) in [4.78, 5) is 13.7. The van der Waals surface area contributed by atoms with Crippen molar-refractivity contribution < 1.29 is 17.9 Å². The second-order valence-electron chi connectivity index (χ2n) is 6.74. The average Bonchev–Trinajstić information content (AvgIpc) is 3.26. The van der Waals surface area contributed by atoms with Crippen LogP contribution in [-0.2, 0) is 19.4 Å². The van der Waals surface area contributed by atoms with Gasteiger partial charge in [0, 0.05) is 17.9 Å². The van der Waals surface area contributed by atoms with E-state index in [1.54, 1.807) is 41.4 Å². The highest BCUT2D eigenvalue weighted by atomic mass is 35.5. The number of rotatable bonds is 8. The van der Waals surface area contributed by atoms with Crippen LogP contribution in [0.25, 0.3) is 16.1 Å². The van der Waals surface area contributed by atoms with Gasteiger partial charge in [0.1, 0.15) is 0 Å². The Balaban J connectivity index is 2.07. The van der Waals surface area contributed by atoms with Gasteiger partial charge in [-0.1, -0.05) is 35.9 Å². The first kappa shape index (κ1) is 23.7. The van der Waals surface area contributed by atoms with Crippen molar-refractivity contribution in [1.29, 1.82) is 0 Å². The normalized spacial score (nSPS) is 11.8. The van der Waals surface area contributed by atoms with Crippen LogP contribution in [0, 0.1) is 0 Å². The van der Waals surface area contributed by atoms with E-state index < -0.39 is 15.8 Å². The Morgan fingerprint density at radius 3 is 2.59 bits per heavy atom. The standard InChI is InChI=1S/C23H21ClN2O4S2/c1-25-26(19-10-5-4-9-18(19)24)20(11-14-23(27)30-2)22-13-12-21(31-22)16-7-6-8-17(15-16)32(3,28)29/h4-13,15H,1,14H2,2-3H3/b20-11-. The van der Waals surface area contributed by atoms with E-state index >= 15 is 0 Å². The molecule has 0 radical (unpaired) electrons. The largest absolute Gasteiger partial charge is 0.469 e. The van der Waals surface area contributed by atoms with Gasteiger partial charge < -0.3 is 4.74 Å². The molecule has 32 heavy (non-hydrogen) atoms. The number of ether oxygens (including phenoxy) is 1. The third kappa shape index (κ3) is 5.45. The van der Waals surface area contributed by atoms with E-state index in [1.807, 2.05) is 30.3 Å². The molecule has 0 spiro atoms. The summed E-state index contributed by atoms with van der Waals surface area (Å²) in [6.45, 7) is 3.67. The van der Waals surface area contributed by atoms with Crippen LogP contribution in [0.5, 0.6) is 0 Å². The number of sulfone groups is 1. The molecule has 0 bridgehead atoms.